The summed E-state index contributed by atoms with van der Waals surface area (Å²) in [5.74, 6) is 0.945. The van der Waals surface area contributed by atoms with E-state index in [2.05, 4.69) is 31.0 Å². The van der Waals surface area contributed by atoms with Crippen LogP contribution in [0, 0.1) is 12.8 Å². The van der Waals surface area contributed by atoms with Gasteiger partial charge < -0.3 is 10.6 Å². The Kier molecular flexibility index (Phi) is 2.96. The molecule has 1 aromatic carbocycles. The van der Waals surface area contributed by atoms with Gasteiger partial charge in [-0.1, -0.05) is 17.7 Å². The highest BCUT2D eigenvalue weighted by Crippen LogP contribution is 2.30. The first-order chi connectivity index (χ1) is 7.15. The van der Waals surface area contributed by atoms with Crippen LogP contribution in [-0.2, 0) is 6.54 Å². The molecule has 1 aliphatic rings. The minimum absolute atomic E-state index is 0.920. The Balaban J connectivity index is 1.98. The lowest BCUT2D eigenvalue weighted by atomic mass is 10.1. The third-order valence-electron chi connectivity index (χ3n) is 3.01. The number of anilines is 1. The van der Waals surface area contributed by atoms with Gasteiger partial charge in [-0.2, -0.15) is 0 Å². The van der Waals surface area contributed by atoms with Gasteiger partial charge in [0, 0.05) is 18.8 Å². The van der Waals surface area contributed by atoms with Gasteiger partial charge in [0.05, 0.1) is 0 Å². The van der Waals surface area contributed by atoms with E-state index < -0.39 is 0 Å². The van der Waals surface area contributed by atoms with Crippen LogP contribution in [0.5, 0.6) is 0 Å². The molecular weight excluding hydrogens is 184 g/mol. The molecule has 0 spiro atoms. The molecule has 0 unspecified atom stereocenters. The van der Waals surface area contributed by atoms with Gasteiger partial charge in [-0.25, -0.2) is 0 Å². The molecule has 0 aromatic heterocycles. The number of nitrogens with two attached hydrogens (primary N) is 1. The van der Waals surface area contributed by atoms with Crippen LogP contribution in [0.4, 0.5) is 5.69 Å². The first kappa shape index (κ1) is 10.5. The Labute approximate surface area is 92.1 Å². The highest BCUT2D eigenvalue weighted by Gasteiger charge is 2.22. The number of nitrogen functional groups attached to an aromatic ring is 1. The molecule has 1 saturated carbocycles. The number of hydrogen-bond acceptors (Lipinski definition) is 2. The zero-order chi connectivity index (χ0) is 10.8. The summed E-state index contributed by atoms with van der Waals surface area (Å²) in [6.07, 6.45) is 2.82. The SMILES string of the molecule is Cc1ccc(N)c(CN(C)CC2CC2)c1. The quantitative estimate of drug-likeness (QED) is 0.763. The molecule has 2 rings (SSSR count). The lowest BCUT2D eigenvalue weighted by molar-refractivity contribution is 0.313. The summed E-state index contributed by atoms with van der Waals surface area (Å²) < 4.78 is 0. The minimum Gasteiger partial charge on any atom is -0.398 e. The Morgan fingerprint density at radius 1 is 1.40 bits per heavy atom. The maximum Gasteiger partial charge on any atom is 0.0359 e. The van der Waals surface area contributed by atoms with Gasteiger partial charge in [-0.05, 0) is 44.4 Å². The van der Waals surface area contributed by atoms with Crippen molar-refractivity contribution in [2.45, 2.75) is 26.3 Å². The highest BCUT2D eigenvalue weighted by atomic mass is 15.1. The zero-order valence-electron chi connectivity index (χ0n) is 9.66. The Bertz CT molecular complexity index is 342. The predicted molar refractivity (Wildman–Crippen MR) is 64.6 cm³/mol. The molecule has 2 nitrogen and oxygen atoms in total. The molecule has 0 aliphatic heterocycles. The summed E-state index contributed by atoms with van der Waals surface area (Å²) in [5, 5.41) is 0. The van der Waals surface area contributed by atoms with Crippen molar-refractivity contribution in [3.05, 3.63) is 29.3 Å². The smallest absolute Gasteiger partial charge is 0.0359 e. The van der Waals surface area contributed by atoms with Crippen LogP contribution in [0.25, 0.3) is 0 Å². The second kappa shape index (κ2) is 4.23. The highest BCUT2D eigenvalue weighted by molar-refractivity contribution is 5.48. The topological polar surface area (TPSA) is 29.3 Å². The fourth-order valence-corrected chi connectivity index (χ4v) is 1.97. The van der Waals surface area contributed by atoms with Gasteiger partial charge in [0.1, 0.15) is 0 Å². The van der Waals surface area contributed by atoms with Crippen molar-refractivity contribution in [2.75, 3.05) is 19.3 Å². The lowest BCUT2D eigenvalue weighted by Gasteiger charge is -2.17. The number of benzene rings is 1. The third-order valence-corrected chi connectivity index (χ3v) is 3.01. The van der Waals surface area contributed by atoms with Crippen molar-refractivity contribution in [3.63, 3.8) is 0 Å². The fraction of sp³-hybridized carbons (Fsp3) is 0.538. The fourth-order valence-electron chi connectivity index (χ4n) is 1.97. The van der Waals surface area contributed by atoms with Crippen molar-refractivity contribution in [1.29, 1.82) is 0 Å². The standard InChI is InChI=1S/C13H20N2/c1-10-3-6-13(14)12(7-10)9-15(2)8-11-4-5-11/h3,6-7,11H,4-5,8-9,14H2,1-2H3. The molecule has 0 heterocycles. The minimum atomic E-state index is 0.920. The van der Waals surface area contributed by atoms with Crippen molar-refractivity contribution in [1.82, 2.24) is 4.90 Å². The third kappa shape index (κ3) is 2.96. The molecule has 0 atom stereocenters. The molecular formula is C13H20N2. The Hall–Kier alpha value is -1.02. The molecule has 1 aliphatic carbocycles. The molecule has 1 fully saturated rings. The van der Waals surface area contributed by atoms with Crippen LogP contribution in [0.3, 0.4) is 0 Å². The average Bonchev–Trinajstić information content (AvgIpc) is 2.95. The van der Waals surface area contributed by atoms with E-state index in [9.17, 15) is 0 Å². The predicted octanol–water partition coefficient (Wildman–Crippen LogP) is 2.42. The second-order valence-corrected chi connectivity index (χ2v) is 4.84. The Morgan fingerprint density at radius 2 is 2.13 bits per heavy atom. The summed E-state index contributed by atoms with van der Waals surface area (Å²) in [6.45, 7) is 4.31. The summed E-state index contributed by atoms with van der Waals surface area (Å²) in [7, 11) is 2.18. The van der Waals surface area contributed by atoms with Gasteiger partial charge in [-0.3, -0.25) is 0 Å². The average molecular weight is 204 g/mol. The van der Waals surface area contributed by atoms with Crippen molar-refractivity contribution in [2.24, 2.45) is 5.92 Å². The first-order valence-corrected chi connectivity index (χ1v) is 5.68. The maximum atomic E-state index is 5.96. The zero-order valence-corrected chi connectivity index (χ0v) is 9.66. The van der Waals surface area contributed by atoms with Crippen molar-refractivity contribution in [3.8, 4) is 0 Å². The van der Waals surface area contributed by atoms with Crippen LogP contribution in [0.1, 0.15) is 24.0 Å². The van der Waals surface area contributed by atoms with Crippen LogP contribution in [0.15, 0.2) is 18.2 Å². The van der Waals surface area contributed by atoms with E-state index >= 15 is 0 Å². The van der Waals surface area contributed by atoms with Crippen LogP contribution < -0.4 is 5.73 Å². The summed E-state index contributed by atoms with van der Waals surface area (Å²) in [4.78, 5) is 2.38. The van der Waals surface area contributed by atoms with Gasteiger partial charge in [-0.15, -0.1) is 0 Å². The normalized spacial score (nSPS) is 15.9. The van der Waals surface area contributed by atoms with Gasteiger partial charge in [0.2, 0.25) is 0 Å². The maximum absolute atomic E-state index is 5.96. The van der Waals surface area contributed by atoms with E-state index in [4.69, 9.17) is 5.73 Å². The summed E-state index contributed by atoms with van der Waals surface area (Å²) >= 11 is 0. The van der Waals surface area contributed by atoms with Crippen molar-refractivity contribution >= 4 is 5.69 Å². The van der Waals surface area contributed by atoms with E-state index in [-0.39, 0.29) is 0 Å². The molecule has 2 heteroatoms. The number of aryl methyl sites for hydroxylation is 1. The van der Waals surface area contributed by atoms with Crippen LogP contribution >= 0.6 is 0 Å². The van der Waals surface area contributed by atoms with E-state index in [0.29, 0.717) is 0 Å². The molecule has 82 valence electrons. The van der Waals surface area contributed by atoms with E-state index in [1.54, 1.807) is 0 Å². The summed E-state index contributed by atoms with van der Waals surface area (Å²) in [5.41, 5.74) is 9.43. The van der Waals surface area contributed by atoms with E-state index in [1.807, 2.05) is 6.07 Å². The second-order valence-electron chi connectivity index (χ2n) is 4.84. The molecule has 1 aromatic rings. The van der Waals surface area contributed by atoms with Crippen LogP contribution in [0.2, 0.25) is 0 Å². The van der Waals surface area contributed by atoms with Gasteiger partial charge in [0.25, 0.3) is 0 Å². The molecule has 0 saturated heterocycles. The number of rotatable bonds is 4. The largest absolute Gasteiger partial charge is 0.398 e. The van der Waals surface area contributed by atoms with E-state index in [0.717, 1.165) is 18.2 Å². The molecule has 0 bridgehead atoms. The molecule has 0 amide bonds. The molecule has 0 radical (unpaired) electrons. The Morgan fingerprint density at radius 3 is 2.80 bits per heavy atom. The number of nitrogens with zero attached hydrogens (tertiary/aromatic N) is 1. The van der Waals surface area contributed by atoms with Gasteiger partial charge in [0.15, 0.2) is 0 Å². The summed E-state index contributed by atoms with van der Waals surface area (Å²) in [6, 6.07) is 6.27. The number of hydrogen-bond donors (Lipinski definition) is 1. The monoisotopic (exact) mass is 204 g/mol. The first-order valence-electron chi connectivity index (χ1n) is 5.68. The van der Waals surface area contributed by atoms with E-state index in [1.165, 1.54) is 30.5 Å². The molecule has 15 heavy (non-hydrogen) atoms. The molecule has 2 N–H and O–H groups in total. The van der Waals surface area contributed by atoms with Crippen LogP contribution in [-0.4, -0.2) is 18.5 Å². The van der Waals surface area contributed by atoms with Gasteiger partial charge >= 0.3 is 0 Å². The lowest BCUT2D eigenvalue weighted by Crippen LogP contribution is -2.21. The van der Waals surface area contributed by atoms with Crippen molar-refractivity contribution < 1.29 is 0 Å².